The molecule has 1 aliphatic rings. The van der Waals surface area contributed by atoms with Crippen LogP contribution in [-0.4, -0.2) is 20.1 Å². The highest BCUT2D eigenvalue weighted by atomic mass is 32.2. The van der Waals surface area contributed by atoms with Crippen molar-refractivity contribution in [2.45, 2.75) is 29.6 Å². The van der Waals surface area contributed by atoms with Crippen molar-refractivity contribution >= 4 is 27.2 Å². The van der Waals surface area contributed by atoms with Gasteiger partial charge in [0, 0.05) is 22.4 Å². The molecule has 1 heterocycles. The number of fused-ring (bicyclic) bond motifs is 2. The molecule has 4 rings (SSSR count). The highest BCUT2D eigenvalue weighted by Crippen LogP contribution is 2.34. The van der Waals surface area contributed by atoms with E-state index >= 15 is 0 Å². The van der Waals surface area contributed by atoms with Gasteiger partial charge in [-0.1, -0.05) is 37.6 Å². The first-order valence-corrected chi connectivity index (χ1v) is 10.8. The summed E-state index contributed by atoms with van der Waals surface area (Å²) in [6.45, 7) is 2.10. The van der Waals surface area contributed by atoms with Crippen LogP contribution in [0.2, 0.25) is 0 Å². The van der Waals surface area contributed by atoms with Gasteiger partial charge >= 0.3 is 0 Å². The molecule has 146 valence electrons. The Hall–Kier alpha value is -3.25. The van der Waals surface area contributed by atoms with Crippen molar-refractivity contribution in [2.24, 2.45) is 0 Å². The average Bonchev–Trinajstić information content (AvgIpc) is 2.73. The Morgan fingerprint density at radius 2 is 1.59 bits per heavy atom. The lowest BCUT2D eigenvalue weighted by Gasteiger charge is -2.19. The molecule has 0 radical (unpaired) electrons. The van der Waals surface area contributed by atoms with E-state index in [4.69, 9.17) is 0 Å². The number of amides is 1. The summed E-state index contributed by atoms with van der Waals surface area (Å²) >= 11 is 0. The summed E-state index contributed by atoms with van der Waals surface area (Å²) in [4.78, 5) is 25.2. The number of carbonyl (C=O) groups excluding carboxylic acids is 2. The van der Waals surface area contributed by atoms with Crippen LogP contribution in [0.5, 0.6) is 0 Å². The number of benzene rings is 3. The molecular formula is C23H19NO4S. The van der Waals surface area contributed by atoms with E-state index in [1.165, 1.54) is 35.9 Å². The molecule has 0 unspecified atom stereocenters. The van der Waals surface area contributed by atoms with Crippen molar-refractivity contribution in [1.29, 1.82) is 0 Å². The standard InChI is InChI=1S/C23H19NO4S/c1-2-5-15-8-11-17(12-9-15)24-23(26)16-10-13-19-21(14-16)29(27,28)20-7-4-3-6-18(20)22(19)25/h3-4,6-14H,2,5H2,1H3,(H,24,26). The molecule has 0 fully saturated rings. The fourth-order valence-corrected chi connectivity index (χ4v) is 5.15. The van der Waals surface area contributed by atoms with Crippen LogP contribution in [0, 0.1) is 0 Å². The lowest BCUT2D eigenvalue weighted by Crippen LogP contribution is -2.21. The van der Waals surface area contributed by atoms with E-state index in [9.17, 15) is 18.0 Å². The monoisotopic (exact) mass is 405 g/mol. The zero-order chi connectivity index (χ0) is 20.6. The van der Waals surface area contributed by atoms with Gasteiger partial charge in [0.15, 0.2) is 5.78 Å². The largest absolute Gasteiger partial charge is 0.322 e. The van der Waals surface area contributed by atoms with Gasteiger partial charge in [-0.3, -0.25) is 9.59 Å². The van der Waals surface area contributed by atoms with Crippen LogP contribution in [0.25, 0.3) is 0 Å². The Labute approximate surface area is 169 Å². The lowest BCUT2D eigenvalue weighted by atomic mass is 10.0. The molecule has 6 heteroatoms. The third-order valence-electron chi connectivity index (χ3n) is 4.95. The minimum atomic E-state index is -3.88. The molecule has 0 saturated heterocycles. The van der Waals surface area contributed by atoms with Crippen molar-refractivity contribution in [3.05, 3.63) is 89.0 Å². The van der Waals surface area contributed by atoms with E-state index in [-0.39, 0.29) is 32.3 Å². The summed E-state index contributed by atoms with van der Waals surface area (Å²) in [5.74, 6) is -0.790. The van der Waals surface area contributed by atoms with E-state index in [1.807, 2.05) is 24.3 Å². The molecule has 1 aliphatic heterocycles. The molecule has 0 aromatic heterocycles. The van der Waals surface area contributed by atoms with Crippen LogP contribution in [0.1, 0.15) is 45.2 Å². The number of anilines is 1. The summed E-state index contributed by atoms with van der Waals surface area (Å²) in [6.07, 6.45) is 2.00. The second-order valence-electron chi connectivity index (χ2n) is 6.94. The first-order chi connectivity index (χ1) is 13.9. The summed E-state index contributed by atoms with van der Waals surface area (Å²) in [5.41, 5.74) is 2.23. The maximum Gasteiger partial charge on any atom is 0.255 e. The molecule has 1 N–H and O–H groups in total. The Morgan fingerprint density at radius 1 is 0.897 bits per heavy atom. The number of ketones is 1. The summed E-state index contributed by atoms with van der Waals surface area (Å²) in [6, 6.07) is 17.8. The van der Waals surface area contributed by atoms with Gasteiger partial charge in [0.2, 0.25) is 9.84 Å². The quantitative estimate of drug-likeness (QED) is 0.550. The van der Waals surface area contributed by atoms with Crippen molar-refractivity contribution < 1.29 is 18.0 Å². The van der Waals surface area contributed by atoms with Crippen molar-refractivity contribution in [1.82, 2.24) is 0 Å². The van der Waals surface area contributed by atoms with Gasteiger partial charge in [-0.15, -0.1) is 0 Å². The second kappa shape index (κ2) is 7.29. The average molecular weight is 405 g/mol. The van der Waals surface area contributed by atoms with E-state index in [0.29, 0.717) is 5.69 Å². The minimum Gasteiger partial charge on any atom is -0.322 e. The molecule has 1 amide bonds. The fraction of sp³-hybridized carbons (Fsp3) is 0.130. The lowest BCUT2D eigenvalue weighted by molar-refractivity contribution is 0.101. The van der Waals surface area contributed by atoms with E-state index in [2.05, 4.69) is 12.2 Å². The number of hydrogen-bond donors (Lipinski definition) is 1. The summed E-state index contributed by atoms with van der Waals surface area (Å²) in [7, 11) is -3.88. The molecule has 0 spiro atoms. The van der Waals surface area contributed by atoms with Gasteiger partial charge in [-0.05, 0) is 54.4 Å². The summed E-state index contributed by atoms with van der Waals surface area (Å²) < 4.78 is 26.0. The van der Waals surface area contributed by atoms with E-state index < -0.39 is 15.7 Å². The van der Waals surface area contributed by atoms with Crippen LogP contribution < -0.4 is 5.32 Å². The van der Waals surface area contributed by atoms with Crippen LogP contribution in [-0.2, 0) is 16.3 Å². The highest BCUT2D eigenvalue weighted by Gasteiger charge is 2.35. The first kappa shape index (κ1) is 19.1. The predicted molar refractivity (Wildman–Crippen MR) is 110 cm³/mol. The van der Waals surface area contributed by atoms with Crippen molar-refractivity contribution in [3.63, 3.8) is 0 Å². The topological polar surface area (TPSA) is 80.3 Å². The molecule has 0 atom stereocenters. The second-order valence-corrected chi connectivity index (χ2v) is 8.83. The number of aryl methyl sites for hydroxylation is 1. The number of carbonyl (C=O) groups is 2. The molecule has 0 aliphatic carbocycles. The van der Waals surface area contributed by atoms with E-state index in [1.54, 1.807) is 12.1 Å². The van der Waals surface area contributed by atoms with Crippen LogP contribution in [0.4, 0.5) is 5.69 Å². The first-order valence-electron chi connectivity index (χ1n) is 9.35. The normalized spacial score (nSPS) is 14.0. The summed E-state index contributed by atoms with van der Waals surface area (Å²) in [5, 5.41) is 2.77. The molecule has 0 bridgehead atoms. The molecule has 0 saturated carbocycles. The van der Waals surface area contributed by atoms with Crippen molar-refractivity contribution in [2.75, 3.05) is 5.32 Å². The smallest absolute Gasteiger partial charge is 0.255 e. The number of sulfone groups is 1. The van der Waals surface area contributed by atoms with Crippen LogP contribution >= 0.6 is 0 Å². The Balaban J connectivity index is 1.67. The van der Waals surface area contributed by atoms with Crippen LogP contribution in [0.15, 0.2) is 76.5 Å². The van der Waals surface area contributed by atoms with Crippen molar-refractivity contribution in [3.8, 4) is 0 Å². The van der Waals surface area contributed by atoms with Gasteiger partial charge in [0.05, 0.1) is 9.79 Å². The SMILES string of the molecule is CCCc1ccc(NC(=O)c2ccc3c(c2)S(=O)(=O)c2ccccc2C3=O)cc1. The zero-order valence-corrected chi connectivity index (χ0v) is 16.6. The Kier molecular flexibility index (Phi) is 4.80. The maximum absolute atomic E-state index is 13.0. The third-order valence-corrected chi connectivity index (χ3v) is 6.80. The highest BCUT2D eigenvalue weighted by molar-refractivity contribution is 7.91. The van der Waals surface area contributed by atoms with Gasteiger partial charge in [0.25, 0.3) is 5.91 Å². The number of nitrogens with one attached hydrogen (secondary N) is 1. The van der Waals surface area contributed by atoms with Gasteiger partial charge < -0.3 is 5.32 Å². The zero-order valence-electron chi connectivity index (χ0n) is 15.8. The van der Waals surface area contributed by atoms with Gasteiger partial charge in [-0.2, -0.15) is 0 Å². The minimum absolute atomic E-state index is 0.0263. The number of rotatable bonds is 4. The molecular weight excluding hydrogens is 386 g/mol. The predicted octanol–water partition coefficient (Wildman–Crippen LogP) is 4.27. The Bertz CT molecular complexity index is 1230. The fourth-order valence-electron chi connectivity index (χ4n) is 3.47. The molecule has 3 aromatic carbocycles. The third kappa shape index (κ3) is 3.36. The molecule has 29 heavy (non-hydrogen) atoms. The van der Waals surface area contributed by atoms with Gasteiger partial charge in [0.1, 0.15) is 0 Å². The molecule has 5 nitrogen and oxygen atoms in total. The van der Waals surface area contributed by atoms with Crippen LogP contribution in [0.3, 0.4) is 0 Å². The Morgan fingerprint density at radius 3 is 2.31 bits per heavy atom. The maximum atomic E-state index is 13.0. The number of hydrogen-bond acceptors (Lipinski definition) is 4. The molecule has 3 aromatic rings. The van der Waals surface area contributed by atoms with E-state index in [0.717, 1.165) is 12.8 Å². The van der Waals surface area contributed by atoms with Gasteiger partial charge in [-0.25, -0.2) is 8.42 Å².